The van der Waals surface area contributed by atoms with Gasteiger partial charge in [-0.15, -0.1) is 0 Å². The Morgan fingerprint density at radius 3 is 3.05 bits per heavy atom. The number of aromatic nitrogens is 1. The normalized spacial score (nSPS) is 13.8. The van der Waals surface area contributed by atoms with E-state index < -0.39 is 0 Å². The zero-order valence-corrected chi connectivity index (χ0v) is 10.9. The highest BCUT2D eigenvalue weighted by Crippen LogP contribution is 2.28. The van der Waals surface area contributed by atoms with E-state index in [-0.39, 0.29) is 5.91 Å². The summed E-state index contributed by atoms with van der Waals surface area (Å²) in [5.41, 5.74) is 3.69. The lowest BCUT2D eigenvalue weighted by Crippen LogP contribution is -2.17. The number of amides is 1. The van der Waals surface area contributed by atoms with E-state index in [2.05, 4.69) is 10.3 Å². The quantitative estimate of drug-likeness (QED) is 0.915. The lowest BCUT2D eigenvalue weighted by molar-refractivity contribution is 0.0816. The van der Waals surface area contributed by atoms with E-state index >= 15 is 0 Å². The Labute approximate surface area is 111 Å². The molecule has 1 aromatic carbocycles. The summed E-state index contributed by atoms with van der Waals surface area (Å²) in [7, 11) is 1.81. The Bertz CT molecular complexity index is 633. The molecule has 0 aliphatic carbocycles. The Kier molecular flexibility index (Phi) is 2.74. The fourth-order valence-electron chi connectivity index (χ4n) is 2.31. The van der Waals surface area contributed by atoms with Crippen LogP contribution in [0.25, 0.3) is 0 Å². The highest BCUT2D eigenvalue weighted by molar-refractivity contribution is 5.99. The molecule has 5 nitrogen and oxygen atoms in total. The smallest absolute Gasteiger partial charge is 0.254 e. The number of rotatable bonds is 3. The average Bonchev–Trinajstić information content (AvgIpc) is 2.93. The van der Waals surface area contributed by atoms with E-state index in [0.29, 0.717) is 13.1 Å². The standard InChI is InChI=1S/C14H15N3O2/c1-9-13(19-8-16-9)6-15-12-5-3-4-10-11(12)7-17(2)14(10)18/h3-5,8,15H,6-7H2,1-2H3. The Balaban J connectivity index is 1.84. The number of nitrogens with zero attached hydrogens (tertiary/aromatic N) is 2. The molecule has 0 spiro atoms. The van der Waals surface area contributed by atoms with Gasteiger partial charge < -0.3 is 14.6 Å². The monoisotopic (exact) mass is 257 g/mol. The van der Waals surface area contributed by atoms with Crippen molar-refractivity contribution < 1.29 is 9.21 Å². The summed E-state index contributed by atoms with van der Waals surface area (Å²) in [4.78, 5) is 17.7. The zero-order chi connectivity index (χ0) is 13.4. The second-order valence-corrected chi connectivity index (χ2v) is 4.71. The van der Waals surface area contributed by atoms with Crippen molar-refractivity contribution in [2.75, 3.05) is 12.4 Å². The van der Waals surface area contributed by atoms with Crippen molar-refractivity contribution in [3.8, 4) is 0 Å². The molecule has 0 saturated carbocycles. The van der Waals surface area contributed by atoms with E-state index in [1.54, 1.807) is 4.90 Å². The Morgan fingerprint density at radius 2 is 2.32 bits per heavy atom. The van der Waals surface area contributed by atoms with Gasteiger partial charge in [-0.2, -0.15) is 0 Å². The summed E-state index contributed by atoms with van der Waals surface area (Å²) in [5, 5.41) is 3.32. The molecule has 2 heterocycles. The summed E-state index contributed by atoms with van der Waals surface area (Å²) in [5.74, 6) is 0.893. The van der Waals surface area contributed by atoms with E-state index in [4.69, 9.17) is 4.42 Å². The van der Waals surface area contributed by atoms with Crippen LogP contribution in [0.2, 0.25) is 0 Å². The number of fused-ring (bicyclic) bond motifs is 1. The number of hydrogen-bond donors (Lipinski definition) is 1. The number of anilines is 1. The number of carbonyl (C=O) groups is 1. The SMILES string of the molecule is Cc1ncoc1CNc1cccc2c1CN(C)C2=O. The molecule has 0 saturated heterocycles. The topological polar surface area (TPSA) is 58.4 Å². The van der Waals surface area contributed by atoms with E-state index in [1.807, 2.05) is 32.2 Å². The van der Waals surface area contributed by atoms with Crippen molar-refractivity contribution >= 4 is 11.6 Å². The Hall–Kier alpha value is -2.30. The van der Waals surface area contributed by atoms with Gasteiger partial charge in [-0.05, 0) is 19.1 Å². The highest BCUT2D eigenvalue weighted by atomic mass is 16.3. The molecule has 1 N–H and O–H groups in total. The molecule has 0 bridgehead atoms. The van der Waals surface area contributed by atoms with Gasteiger partial charge >= 0.3 is 0 Å². The first-order chi connectivity index (χ1) is 9.16. The van der Waals surface area contributed by atoms with Crippen molar-refractivity contribution in [2.24, 2.45) is 0 Å². The van der Waals surface area contributed by atoms with Crippen LogP contribution in [-0.4, -0.2) is 22.8 Å². The third kappa shape index (κ3) is 1.97. The lowest BCUT2D eigenvalue weighted by atomic mass is 10.1. The van der Waals surface area contributed by atoms with Gasteiger partial charge in [0.15, 0.2) is 6.39 Å². The van der Waals surface area contributed by atoms with Gasteiger partial charge in [-0.25, -0.2) is 4.98 Å². The lowest BCUT2D eigenvalue weighted by Gasteiger charge is -2.09. The third-order valence-electron chi connectivity index (χ3n) is 3.43. The molecule has 3 rings (SSSR count). The minimum absolute atomic E-state index is 0.0782. The molecule has 0 atom stereocenters. The van der Waals surface area contributed by atoms with Crippen LogP contribution in [0.5, 0.6) is 0 Å². The summed E-state index contributed by atoms with van der Waals surface area (Å²) in [6, 6.07) is 5.74. The summed E-state index contributed by atoms with van der Waals surface area (Å²) in [6.45, 7) is 3.13. The first-order valence-electron chi connectivity index (χ1n) is 6.17. The van der Waals surface area contributed by atoms with Crippen molar-refractivity contribution in [3.05, 3.63) is 47.2 Å². The Morgan fingerprint density at radius 1 is 1.47 bits per heavy atom. The third-order valence-corrected chi connectivity index (χ3v) is 3.43. The second kappa shape index (κ2) is 4.42. The summed E-state index contributed by atoms with van der Waals surface area (Å²) < 4.78 is 5.30. The van der Waals surface area contributed by atoms with Gasteiger partial charge in [0.1, 0.15) is 5.76 Å². The molecule has 1 aliphatic rings. The molecule has 1 amide bonds. The van der Waals surface area contributed by atoms with Crippen LogP contribution in [0.3, 0.4) is 0 Å². The molecular weight excluding hydrogens is 242 g/mol. The van der Waals surface area contributed by atoms with Gasteiger partial charge in [0, 0.05) is 30.4 Å². The number of benzene rings is 1. The van der Waals surface area contributed by atoms with Crippen molar-refractivity contribution in [3.63, 3.8) is 0 Å². The molecule has 19 heavy (non-hydrogen) atoms. The van der Waals surface area contributed by atoms with Crippen LogP contribution >= 0.6 is 0 Å². The number of aryl methyl sites for hydroxylation is 1. The van der Waals surface area contributed by atoms with E-state index in [1.165, 1.54) is 6.39 Å². The maximum absolute atomic E-state index is 11.9. The van der Waals surface area contributed by atoms with E-state index in [0.717, 1.165) is 28.3 Å². The van der Waals surface area contributed by atoms with Gasteiger partial charge in [0.25, 0.3) is 5.91 Å². The molecule has 1 aliphatic heterocycles. The molecule has 1 aromatic heterocycles. The molecule has 0 unspecified atom stereocenters. The van der Waals surface area contributed by atoms with Crippen LogP contribution in [0.15, 0.2) is 29.0 Å². The van der Waals surface area contributed by atoms with Gasteiger partial charge in [-0.3, -0.25) is 4.79 Å². The average molecular weight is 257 g/mol. The largest absolute Gasteiger partial charge is 0.446 e. The number of hydrogen-bond acceptors (Lipinski definition) is 4. The summed E-state index contributed by atoms with van der Waals surface area (Å²) >= 11 is 0. The van der Waals surface area contributed by atoms with Crippen LogP contribution in [0.1, 0.15) is 27.4 Å². The van der Waals surface area contributed by atoms with Gasteiger partial charge in [0.05, 0.1) is 12.2 Å². The number of nitrogens with one attached hydrogen (secondary N) is 1. The minimum atomic E-state index is 0.0782. The minimum Gasteiger partial charge on any atom is -0.446 e. The van der Waals surface area contributed by atoms with Crippen molar-refractivity contribution in [1.82, 2.24) is 9.88 Å². The van der Waals surface area contributed by atoms with Crippen molar-refractivity contribution in [1.29, 1.82) is 0 Å². The van der Waals surface area contributed by atoms with Gasteiger partial charge in [0.2, 0.25) is 0 Å². The molecule has 5 heteroatoms. The zero-order valence-electron chi connectivity index (χ0n) is 10.9. The maximum atomic E-state index is 11.9. The maximum Gasteiger partial charge on any atom is 0.254 e. The van der Waals surface area contributed by atoms with E-state index in [9.17, 15) is 4.79 Å². The molecular formula is C14H15N3O2. The predicted molar refractivity (Wildman–Crippen MR) is 70.8 cm³/mol. The second-order valence-electron chi connectivity index (χ2n) is 4.71. The van der Waals surface area contributed by atoms with Gasteiger partial charge in [-0.1, -0.05) is 6.07 Å². The predicted octanol–water partition coefficient (Wildman–Crippen LogP) is 2.18. The highest BCUT2D eigenvalue weighted by Gasteiger charge is 2.26. The first-order valence-corrected chi connectivity index (χ1v) is 6.17. The van der Waals surface area contributed by atoms with Crippen molar-refractivity contribution in [2.45, 2.75) is 20.0 Å². The molecule has 98 valence electrons. The van der Waals surface area contributed by atoms with Crippen LogP contribution in [-0.2, 0) is 13.1 Å². The number of oxazole rings is 1. The first kappa shape index (κ1) is 11.8. The van der Waals surface area contributed by atoms with Crippen LogP contribution < -0.4 is 5.32 Å². The van der Waals surface area contributed by atoms with Crippen LogP contribution in [0.4, 0.5) is 5.69 Å². The fraction of sp³-hybridized carbons (Fsp3) is 0.286. The molecule has 0 radical (unpaired) electrons. The fourth-order valence-corrected chi connectivity index (χ4v) is 2.31. The molecule has 0 fully saturated rings. The van der Waals surface area contributed by atoms with Crippen LogP contribution in [0, 0.1) is 6.92 Å². The summed E-state index contributed by atoms with van der Waals surface area (Å²) in [6.07, 6.45) is 1.44. The number of carbonyl (C=O) groups excluding carboxylic acids is 1. The molecule has 2 aromatic rings.